The predicted octanol–water partition coefficient (Wildman–Crippen LogP) is 3.69. The molecule has 0 radical (unpaired) electrons. The van der Waals surface area contributed by atoms with Crippen molar-refractivity contribution >= 4 is 5.78 Å². The zero-order valence-corrected chi connectivity index (χ0v) is 9.86. The van der Waals surface area contributed by atoms with Gasteiger partial charge in [0, 0.05) is 5.56 Å². The molecule has 16 heavy (non-hydrogen) atoms. The van der Waals surface area contributed by atoms with E-state index in [2.05, 4.69) is 13.0 Å². The monoisotopic (exact) mass is 215 g/mol. The number of Topliss-reactive ketones (excluding diaryl/α,β-unsaturated/α-hetero) is 1. The van der Waals surface area contributed by atoms with Crippen LogP contribution < -0.4 is 0 Å². The van der Waals surface area contributed by atoms with Crippen LogP contribution in [0.5, 0.6) is 0 Å². The quantitative estimate of drug-likeness (QED) is 0.703. The van der Waals surface area contributed by atoms with E-state index >= 15 is 0 Å². The van der Waals surface area contributed by atoms with Crippen molar-refractivity contribution in [3.63, 3.8) is 0 Å². The Bertz CT molecular complexity index is 403. The van der Waals surface area contributed by atoms with E-state index in [1.54, 1.807) is 13.0 Å². The van der Waals surface area contributed by atoms with Crippen LogP contribution in [0.2, 0.25) is 0 Å². The Morgan fingerprint density at radius 2 is 2.12 bits per heavy atom. The summed E-state index contributed by atoms with van der Waals surface area (Å²) >= 11 is 0. The lowest BCUT2D eigenvalue weighted by Crippen LogP contribution is -2.04. The molecule has 0 saturated carbocycles. The van der Waals surface area contributed by atoms with Gasteiger partial charge in [-0.15, -0.1) is 0 Å². The van der Waals surface area contributed by atoms with Crippen molar-refractivity contribution in [1.82, 2.24) is 0 Å². The molecule has 0 bridgehead atoms. The van der Waals surface area contributed by atoms with Gasteiger partial charge in [-0.3, -0.25) is 4.79 Å². The third-order valence-corrected chi connectivity index (χ3v) is 2.72. The summed E-state index contributed by atoms with van der Waals surface area (Å²) in [4.78, 5) is 11.5. The van der Waals surface area contributed by atoms with Crippen LogP contribution in [0.3, 0.4) is 0 Å². The van der Waals surface area contributed by atoms with Crippen LogP contribution in [-0.4, -0.2) is 5.78 Å². The molecule has 0 aliphatic heterocycles. The molecule has 0 aliphatic carbocycles. The Balaban J connectivity index is 3.00. The molecule has 2 nitrogen and oxygen atoms in total. The number of nitriles is 1. The van der Waals surface area contributed by atoms with E-state index in [-0.39, 0.29) is 11.7 Å². The van der Waals surface area contributed by atoms with Crippen molar-refractivity contribution in [1.29, 1.82) is 5.26 Å². The summed E-state index contributed by atoms with van der Waals surface area (Å²) in [6.07, 6.45) is 2.92. The highest BCUT2D eigenvalue weighted by Gasteiger charge is 2.15. The Kier molecular flexibility index (Phi) is 4.72. The summed E-state index contributed by atoms with van der Waals surface area (Å²) in [5.41, 5.74) is 1.57. The Hall–Kier alpha value is -1.62. The van der Waals surface area contributed by atoms with E-state index in [0.29, 0.717) is 5.56 Å². The minimum Gasteiger partial charge on any atom is -0.295 e. The Morgan fingerprint density at radius 3 is 2.69 bits per heavy atom. The van der Waals surface area contributed by atoms with Crippen molar-refractivity contribution in [2.24, 2.45) is 0 Å². The summed E-state index contributed by atoms with van der Waals surface area (Å²) in [7, 11) is 0. The third kappa shape index (κ3) is 2.93. The molecule has 0 N–H and O–H groups in total. The standard InChI is InChI=1S/C14H17NO/c1-3-4-7-12(10-15)14-9-6-5-8-13(14)11(2)16/h5-6,8-9,12H,3-4,7H2,1-2H3. The zero-order valence-electron chi connectivity index (χ0n) is 9.86. The summed E-state index contributed by atoms with van der Waals surface area (Å²) in [5.74, 6) is -0.118. The molecule has 84 valence electrons. The first-order valence-corrected chi connectivity index (χ1v) is 5.70. The van der Waals surface area contributed by atoms with Crippen LogP contribution in [0.1, 0.15) is 54.9 Å². The highest BCUT2D eigenvalue weighted by atomic mass is 16.1. The van der Waals surface area contributed by atoms with Crippen molar-refractivity contribution in [2.75, 3.05) is 0 Å². The first-order valence-electron chi connectivity index (χ1n) is 5.70. The maximum Gasteiger partial charge on any atom is 0.160 e. The first-order chi connectivity index (χ1) is 7.70. The van der Waals surface area contributed by atoms with Gasteiger partial charge in [0.15, 0.2) is 5.78 Å². The fourth-order valence-electron chi connectivity index (χ4n) is 1.82. The van der Waals surface area contributed by atoms with Gasteiger partial charge in [-0.2, -0.15) is 5.26 Å². The van der Waals surface area contributed by atoms with Gasteiger partial charge < -0.3 is 0 Å². The summed E-state index contributed by atoms with van der Waals surface area (Å²) in [6, 6.07) is 9.71. The lowest BCUT2D eigenvalue weighted by Gasteiger charge is -2.12. The number of benzene rings is 1. The van der Waals surface area contributed by atoms with Crippen LogP contribution >= 0.6 is 0 Å². The fraction of sp³-hybridized carbons (Fsp3) is 0.429. The van der Waals surface area contributed by atoms with E-state index < -0.39 is 0 Å². The largest absolute Gasteiger partial charge is 0.295 e. The lowest BCUT2D eigenvalue weighted by atomic mass is 9.90. The van der Waals surface area contributed by atoms with Crippen molar-refractivity contribution in [3.05, 3.63) is 35.4 Å². The molecule has 0 aliphatic rings. The predicted molar refractivity (Wildman–Crippen MR) is 64.3 cm³/mol. The summed E-state index contributed by atoms with van der Waals surface area (Å²) in [5, 5.41) is 9.15. The molecule has 0 amide bonds. The van der Waals surface area contributed by atoms with E-state index in [0.717, 1.165) is 24.8 Å². The maximum atomic E-state index is 11.5. The molecule has 2 heteroatoms. The first kappa shape index (κ1) is 12.4. The highest BCUT2D eigenvalue weighted by Crippen LogP contribution is 2.24. The van der Waals surface area contributed by atoms with Gasteiger partial charge in [-0.05, 0) is 18.9 Å². The molecule has 0 aromatic heterocycles. The van der Waals surface area contributed by atoms with Crippen LogP contribution in [-0.2, 0) is 0 Å². The van der Waals surface area contributed by atoms with Crippen LogP contribution in [0, 0.1) is 11.3 Å². The molecule has 0 fully saturated rings. The lowest BCUT2D eigenvalue weighted by molar-refractivity contribution is 0.101. The number of hydrogen-bond acceptors (Lipinski definition) is 2. The molecule has 1 atom stereocenters. The average Bonchev–Trinajstić information content (AvgIpc) is 2.30. The topological polar surface area (TPSA) is 40.9 Å². The number of carbonyl (C=O) groups excluding carboxylic acids is 1. The molecule has 0 saturated heterocycles. The molecular weight excluding hydrogens is 198 g/mol. The van der Waals surface area contributed by atoms with E-state index in [9.17, 15) is 4.79 Å². The molecule has 1 unspecified atom stereocenters. The molecule has 0 spiro atoms. The summed E-state index contributed by atoms with van der Waals surface area (Å²) in [6.45, 7) is 3.65. The highest BCUT2D eigenvalue weighted by molar-refractivity contribution is 5.95. The van der Waals surface area contributed by atoms with E-state index in [4.69, 9.17) is 5.26 Å². The molecule has 1 rings (SSSR count). The van der Waals surface area contributed by atoms with Crippen molar-refractivity contribution < 1.29 is 4.79 Å². The Morgan fingerprint density at radius 1 is 1.44 bits per heavy atom. The van der Waals surface area contributed by atoms with E-state index in [1.807, 2.05) is 18.2 Å². The van der Waals surface area contributed by atoms with Crippen LogP contribution in [0.25, 0.3) is 0 Å². The normalized spacial score (nSPS) is 11.8. The molecule has 0 heterocycles. The van der Waals surface area contributed by atoms with E-state index in [1.165, 1.54) is 0 Å². The third-order valence-electron chi connectivity index (χ3n) is 2.72. The second kappa shape index (κ2) is 6.07. The minimum atomic E-state index is -0.153. The minimum absolute atomic E-state index is 0.0346. The van der Waals surface area contributed by atoms with Gasteiger partial charge >= 0.3 is 0 Å². The van der Waals surface area contributed by atoms with Crippen molar-refractivity contribution in [2.45, 2.75) is 39.0 Å². The molecule has 1 aromatic carbocycles. The van der Waals surface area contributed by atoms with Gasteiger partial charge in [0.25, 0.3) is 0 Å². The second-order valence-corrected chi connectivity index (χ2v) is 3.97. The smallest absolute Gasteiger partial charge is 0.160 e. The van der Waals surface area contributed by atoms with Gasteiger partial charge in [-0.1, -0.05) is 44.0 Å². The van der Waals surface area contributed by atoms with Gasteiger partial charge in [0.05, 0.1) is 12.0 Å². The molecule has 1 aromatic rings. The number of nitrogens with zero attached hydrogens (tertiary/aromatic N) is 1. The number of ketones is 1. The average molecular weight is 215 g/mol. The second-order valence-electron chi connectivity index (χ2n) is 3.97. The number of unbranched alkanes of at least 4 members (excludes halogenated alkanes) is 1. The van der Waals surface area contributed by atoms with Gasteiger partial charge in [-0.25, -0.2) is 0 Å². The number of hydrogen-bond donors (Lipinski definition) is 0. The molecular formula is C14H17NO. The zero-order chi connectivity index (χ0) is 12.0. The SMILES string of the molecule is CCCCC(C#N)c1ccccc1C(C)=O. The van der Waals surface area contributed by atoms with Crippen LogP contribution in [0.4, 0.5) is 0 Å². The van der Waals surface area contributed by atoms with Crippen LogP contribution in [0.15, 0.2) is 24.3 Å². The Labute approximate surface area is 96.9 Å². The fourth-order valence-corrected chi connectivity index (χ4v) is 1.82. The number of rotatable bonds is 5. The summed E-state index contributed by atoms with van der Waals surface area (Å²) < 4.78 is 0. The number of carbonyl (C=O) groups is 1. The van der Waals surface area contributed by atoms with Gasteiger partial charge in [0.2, 0.25) is 0 Å². The maximum absolute atomic E-state index is 11.5. The van der Waals surface area contributed by atoms with Crippen molar-refractivity contribution in [3.8, 4) is 6.07 Å². The van der Waals surface area contributed by atoms with Gasteiger partial charge in [0.1, 0.15) is 0 Å².